The number of anilines is 1. The van der Waals surface area contributed by atoms with Crippen molar-refractivity contribution in [2.75, 3.05) is 26.1 Å². The number of benzene rings is 3. The number of rotatable bonds is 8. The summed E-state index contributed by atoms with van der Waals surface area (Å²) in [5.41, 5.74) is 13.4. The molecule has 1 aromatic heterocycles. The zero-order valence-electron chi connectivity index (χ0n) is 18.7. The predicted octanol–water partition coefficient (Wildman–Crippen LogP) is 5.47. The molecule has 0 unspecified atom stereocenters. The second kappa shape index (κ2) is 10.2. The summed E-state index contributed by atoms with van der Waals surface area (Å²) in [6.45, 7) is -0.260. The van der Waals surface area contributed by atoms with Gasteiger partial charge in [0.05, 0.1) is 31.3 Å². The van der Waals surface area contributed by atoms with Gasteiger partial charge in [-0.05, 0) is 84.4 Å². The molecule has 0 saturated heterocycles. The van der Waals surface area contributed by atoms with Gasteiger partial charge in [-0.3, -0.25) is 4.79 Å². The van der Waals surface area contributed by atoms with Crippen LogP contribution in [0, 0.1) is 0 Å². The Balaban J connectivity index is 1.71. The Morgan fingerprint density at radius 2 is 1.53 bits per heavy atom. The van der Waals surface area contributed by atoms with E-state index in [4.69, 9.17) is 20.1 Å². The fourth-order valence-electron chi connectivity index (χ4n) is 3.43. The van der Waals surface area contributed by atoms with Crippen molar-refractivity contribution in [2.45, 2.75) is 0 Å². The summed E-state index contributed by atoms with van der Waals surface area (Å²) in [6.07, 6.45) is 0. The van der Waals surface area contributed by atoms with Gasteiger partial charge < -0.3 is 14.8 Å². The maximum atomic E-state index is 11.8. The SMILES string of the molecule is COc1ccc(-c2cc(-c3ccc(OC)cc3)n(-c3ccc(NC(=O)CN=[N+]=[N-])cc3)n2)cc1. The molecule has 0 aliphatic heterocycles. The van der Waals surface area contributed by atoms with Gasteiger partial charge in [-0.1, -0.05) is 5.11 Å². The molecule has 0 aliphatic carbocycles. The van der Waals surface area contributed by atoms with E-state index in [0.717, 1.165) is 39.7 Å². The molecule has 170 valence electrons. The molecule has 34 heavy (non-hydrogen) atoms. The van der Waals surface area contributed by atoms with Crippen molar-refractivity contribution in [1.82, 2.24) is 9.78 Å². The lowest BCUT2D eigenvalue weighted by molar-refractivity contribution is -0.114. The molecule has 4 rings (SSSR count). The van der Waals surface area contributed by atoms with E-state index in [1.165, 1.54) is 0 Å². The number of aromatic nitrogens is 2. The lowest BCUT2D eigenvalue weighted by Crippen LogP contribution is -2.14. The first kappa shape index (κ1) is 22.4. The molecule has 0 spiro atoms. The van der Waals surface area contributed by atoms with Crippen LogP contribution < -0.4 is 14.8 Å². The molecular formula is C25H22N6O3. The molecule has 1 amide bonds. The minimum Gasteiger partial charge on any atom is -0.497 e. The smallest absolute Gasteiger partial charge is 0.230 e. The summed E-state index contributed by atoms with van der Waals surface area (Å²) in [4.78, 5) is 14.4. The third-order valence-corrected chi connectivity index (χ3v) is 5.15. The molecule has 9 nitrogen and oxygen atoms in total. The fraction of sp³-hybridized carbons (Fsp3) is 0.120. The minimum absolute atomic E-state index is 0.260. The van der Waals surface area contributed by atoms with Crippen LogP contribution in [0.4, 0.5) is 5.69 Å². The van der Waals surface area contributed by atoms with Crippen molar-refractivity contribution in [3.8, 4) is 39.7 Å². The van der Waals surface area contributed by atoms with E-state index < -0.39 is 0 Å². The van der Waals surface area contributed by atoms with E-state index in [9.17, 15) is 4.79 Å². The van der Waals surface area contributed by atoms with Crippen molar-refractivity contribution in [2.24, 2.45) is 5.11 Å². The molecule has 0 atom stereocenters. The Morgan fingerprint density at radius 3 is 2.09 bits per heavy atom. The topological polar surface area (TPSA) is 114 Å². The van der Waals surface area contributed by atoms with Crippen LogP contribution in [0.2, 0.25) is 0 Å². The number of nitrogens with zero attached hydrogens (tertiary/aromatic N) is 5. The van der Waals surface area contributed by atoms with E-state index >= 15 is 0 Å². The summed E-state index contributed by atoms with van der Waals surface area (Å²) >= 11 is 0. The Bertz CT molecular complexity index is 1320. The van der Waals surface area contributed by atoms with E-state index in [1.54, 1.807) is 26.4 Å². The van der Waals surface area contributed by atoms with Crippen molar-refractivity contribution < 1.29 is 14.3 Å². The van der Waals surface area contributed by atoms with Crippen LogP contribution in [0.5, 0.6) is 11.5 Å². The first-order valence-corrected chi connectivity index (χ1v) is 10.4. The van der Waals surface area contributed by atoms with Crippen molar-refractivity contribution >= 4 is 11.6 Å². The summed E-state index contributed by atoms with van der Waals surface area (Å²) < 4.78 is 12.4. The Kier molecular flexibility index (Phi) is 6.76. The zero-order valence-corrected chi connectivity index (χ0v) is 18.7. The van der Waals surface area contributed by atoms with Crippen LogP contribution in [0.3, 0.4) is 0 Å². The molecule has 0 fully saturated rings. The van der Waals surface area contributed by atoms with Gasteiger partial charge in [-0.15, -0.1) is 0 Å². The lowest BCUT2D eigenvalue weighted by atomic mass is 10.1. The number of carbonyl (C=O) groups excluding carboxylic acids is 1. The van der Waals surface area contributed by atoms with Crippen molar-refractivity contribution in [3.63, 3.8) is 0 Å². The average Bonchev–Trinajstić information content (AvgIpc) is 3.33. The third-order valence-electron chi connectivity index (χ3n) is 5.15. The summed E-state index contributed by atoms with van der Waals surface area (Å²) in [7, 11) is 3.27. The fourth-order valence-corrected chi connectivity index (χ4v) is 3.43. The lowest BCUT2D eigenvalue weighted by Gasteiger charge is -2.10. The molecule has 0 aliphatic rings. The molecule has 1 heterocycles. The quantitative estimate of drug-likeness (QED) is 0.216. The van der Waals surface area contributed by atoms with Gasteiger partial charge in [-0.2, -0.15) is 5.10 Å². The highest BCUT2D eigenvalue weighted by atomic mass is 16.5. The molecule has 0 bridgehead atoms. The van der Waals surface area contributed by atoms with Crippen LogP contribution in [-0.4, -0.2) is 36.5 Å². The molecule has 3 aromatic carbocycles. The first-order valence-electron chi connectivity index (χ1n) is 10.4. The van der Waals surface area contributed by atoms with Crippen LogP contribution in [0.15, 0.2) is 84.0 Å². The summed E-state index contributed by atoms with van der Waals surface area (Å²) in [5, 5.41) is 10.8. The van der Waals surface area contributed by atoms with Gasteiger partial charge in [-0.25, -0.2) is 4.68 Å². The number of hydrogen-bond donors (Lipinski definition) is 1. The molecule has 1 N–H and O–H groups in total. The van der Waals surface area contributed by atoms with Crippen LogP contribution in [0.25, 0.3) is 38.6 Å². The van der Waals surface area contributed by atoms with Gasteiger partial charge in [0.2, 0.25) is 5.91 Å². The van der Waals surface area contributed by atoms with Gasteiger partial charge in [0, 0.05) is 21.7 Å². The third kappa shape index (κ3) is 5.01. The van der Waals surface area contributed by atoms with E-state index in [0.29, 0.717) is 5.69 Å². The van der Waals surface area contributed by atoms with Gasteiger partial charge in [0.1, 0.15) is 18.0 Å². The maximum absolute atomic E-state index is 11.8. The number of carbonyl (C=O) groups is 1. The second-order valence-electron chi connectivity index (χ2n) is 7.27. The monoisotopic (exact) mass is 454 g/mol. The Morgan fingerprint density at radius 1 is 0.941 bits per heavy atom. The minimum atomic E-state index is -0.384. The van der Waals surface area contributed by atoms with Crippen molar-refractivity contribution in [1.29, 1.82) is 0 Å². The Hall–Kier alpha value is -4.75. The average molecular weight is 454 g/mol. The standard InChI is InChI=1S/C25H22N6O3/c1-33-21-11-3-17(4-12-21)23-15-24(18-5-13-22(34-2)14-6-18)31(29-23)20-9-7-19(8-10-20)28-25(32)16-27-30-26/h3-15H,16H2,1-2H3,(H,28,32). The normalized spacial score (nSPS) is 10.3. The van der Waals surface area contributed by atoms with Crippen LogP contribution in [0.1, 0.15) is 0 Å². The maximum Gasteiger partial charge on any atom is 0.230 e. The summed E-state index contributed by atoms with van der Waals surface area (Å²) in [6, 6.07) is 24.8. The van der Waals surface area contributed by atoms with Gasteiger partial charge in [0.15, 0.2) is 0 Å². The highest BCUT2D eigenvalue weighted by molar-refractivity contribution is 5.92. The first-order chi connectivity index (χ1) is 16.6. The second-order valence-corrected chi connectivity index (χ2v) is 7.27. The highest BCUT2D eigenvalue weighted by Gasteiger charge is 2.14. The Labute approximate surface area is 196 Å². The summed E-state index contributed by atoms with van der Waals surface area (Å²) in [5.74, 6) is 1.16. The molecule has 0 saturated carbocycles. The number of ether oxygens (including phenoxy) is 2. The van der Waals surface area contributed by atoms with E-state index in [1.807, 2.05) is 71.4 Å². The zero-order chi connectivity index (χ0) is 23.9. The largest absolute Gasteiger partial charge is 0.497 e. The number of nitrogens with one attached hydrogen (secondary N) is 1. The molecule has 9 heteroatoms. The molecule has 4 aromatic rings. The van der Waals surface area contributed by atoms with Crippen molar-refractivity contribution in [3.05, 3.63) is 89.3 Å². The molecular weight excluding hydrogens is 432 g/mol. The predicted molar refractivity (Wildman–Crippen MR) is 130 cm³/mol. The van der Waals surface area contributed by atoms with Crippen LogP contribution >= 0.6 is 0 Å². The number of methoxy groups -OCH3 is 2. The highest BCUT2D eigenvalue weighted by Crippen LogP contribution is 2.31. The molecule has 0 radical (unpaired) electrons. The van der Waals surface area contributed by atoms with E-state index in [-0.39, 0.29) is 12.5 Å². The number of azide groups is 1. The van der Waals surface area contributed by atoms with E-state index in [2.05, 4.69) is 15.3 Å². The van der Waals surface area contributed by atoms with Gasteiger partial charge >= 0.3 is 0 Å². The van der Waals surface area contributed by atoms with Gasteiger partial charge in [0.25, 0.3) is 0 Å². The number of hydrogen-bond acceptors (Lipinski definition) is 5. The van der Waals surface area contributed by atoms with Crippen LogP contribution in [-0.2, 0) is 4.79 Å². The number of amides is 1.